The molecule has 1 rings (SSSR count). The molecule has 15 heavy (non-hydrogen) atoms. The van der Waals surface area contributed by atoms with Gasteiger partial charge >= 0.3 is 6.09 Å². The van der Waals surface area contributed by atoms with Crippen LogP contribution in [0, 0.1) is 5.92 Å². The highest BCUT2D eigenvalue weighted by Crippen LogP contribution is 2.12. The van der Waals surface area contributed by atoms with Gasteiger partial charge in [-0.25, -0.2) is 4.79 Å². The Bertz CT molecular complexity index is 267. The maximum atomic E-state index is 11.2. The highest BCUT2D eigenvalue weighted by atomic mass is 16.5. The Morgan fingerprint density at radius 1 is 1.47 bits per heavy atom. The first kappa shape index (κ1) is 11.6. The number of rotatable bonds is 4. The van der Waals surface area contributed by atoms with Crippen molar-refractivity contribution in [2.24, 2.45) is 5.92 Å². The van der Waals surface area contributed by atoms with Crippen molar-refractivity contribution < 1.29 is 9.53 Å². The van der Waals surface area contributed by atoms with Crippen LogP contribution in [0.1, 0.15) is 13.3 Å². The van der Waals surface area contributed by atoms with Gasteiger partial charge in [-0.3, -0.25) is 0 Å². The fraction of sp³-hybridized carbons (Fsp3) is 0.417. The highest BCUT2D eigenvalue weighted by Gasteiger charge is 2.10. The molecule has 1 N–H and O–H groups in total. The zero-order valence-corrected chi connectivity index (χ0v) is 8.98. The lowest BCUT2D eigenvalue weighted by Gasteiger charge is -2.16. The number of ether oxygens (including phenoxy) is 1. The number of nitrogens with one attached hydrogen (secondary N) is 1. The number of carbonyl (C=O) groups excluding carboxylic acids is 1. The predicted molar refractivity (Wildman–Crippen MR) is 60.5 cm³/mol. The van der Waals surface area contributed by atoms with Gasteiger partial charge in [0.15, 0.2) is 0 Å². The van der Waals surface area contributed by atoms with Crippen molar-refractivity contribution in [3.05, 3.63) is 37.0 Å². The molecule has 0 unspecified atom stereocenters. The van der Waals surface area contributed by atoms with Crippen LogP contribution in [0.15, 0.2) is 37.0 Å². The summed E-state index contributed by atoms with van der Waals surface area (Å²) in [6, 6.07) is -0.0508. The van der Waals surface area contributed by atoms with Gasteiger partial charge < -0.3 is 10.1 Å². The third-order valence-electron chi connectivity index (χ3n) is 2.22. The van der Waals surface area contributed by atoms with Crippen molar-refractivity contribution in [3.63, 3.8) is 0 Å². The summed E-state index contributed by atoms with van der Waals surface area (Å²) >= 11 is 0. The van der Waals surface area contributed by atoms with Gasteiger partial charge in [0.25, 0.3) is 0 Å². The Hall–Kier alpha value is -1.51. The second kappa shape index (κ2) is 6.06. The first-order valence-electron chi connectivity index (χ1n) is 5.17. The van der Waals surface area contributed by atoms with E-state index in [0.717, 1.165) is 6.42 Å². The van der Waals surface area contributed by atoms with Gasteiger partial charge in [0.2, 0.25) is 0 Å². The summed E-state index contributed by atoms with van der Waals surface area (Å²) in [6.07, 6.45) is 10.4. The SMILES string of the molecule is C=CCOC(=O)NC1C=CC(CC)C=C1. The van der Waals surface area contributed by atoms with Crippen LogP contribution in [0.3, 0.4) is 0 Å². The molecule has 0 saturated heterocycles. The van der Waals surface area contributed by atoms with Gasteiger partial charge in [-0.1, -0.05) is 43.9 Å². The Labute approximate surface area is 90.5 Å². The number of hydrogen-bond donors (Lipinski definition) is 1. The van der Waals surface area contributed by atoms with Crippen molar-refractivity contribution in [3.8, 4) is 0 Å². The minimum absolute atomic E-state index is 0.0508. The smallest absolute Gasteiger partial charge is 0.408 e. The van der Waals surface area contributed by atoms with E-state index in [4.69, 9.17) is 4.74 Å². The second-order valence-electron chi connectivity index (χ2n) is 3.40. The van der Waals surface area contributed by atoms with Gasteiger partial charge in [0.05, 0.1) is 6.04 Å². The van der Waals surface area contributed by atoms with Crippen LogP contribution in [-0.4, -0.2) is 18.7 Å². The molecule has 0 saturated carbocycles. The molecule has 0 aliphatic heterocycles. The molecule has 82 valence electrons. The zero-order chi connectivity index (χ0) is 11.1. The van der Waals surface area contributed by atoms with Crippen LogP contribution in [0.25, 0.3) is 0 Å². The van der Waals surface area contributed by atoms with E-state index in [2.05, 4.69) is 31.0 Å². The Morgan fingerprint density at radius 2 is 2.13 bits per heavy atom. The Balaban J connectivity index is 2.32. The summed E-state index contributed by atoms with van der Waals surface area (Å²) < 4.78 is 4.81. The monoisotopic (exact) mass is 207 g/mol. The lowest BCUT2D eigenvalue weighted by Crippen LogP contribution is -2.33. The number of carbonyl (C=O) groups is 1. The molecule has 0 spiro atoms. The molecule has 3 heteroatoms. The van der Waals surface area contributed by atoms with Crippen molar-refractivity contribution in [1.29, 1.82) is 0 Å². The molecular formula is C12H17NO2. The number of amides is 1. The first-order valence-corrected chi connectivity index (χ1v) is 5.17. The van der Waals surface area contributed by atoms with Crippen molar-refractivity contribution in [1.82, 2.24) is 5.32 Å². The number of hydrogen-bond acceptors (Lipinski definition) is 2. The summed E-state index contributed by atoms with van der Waals surface area (Å²) in [7, 11) is 0. The average molecular weight is 207 g/mol. The van der Waals surface area contributed by atoms with E-state index in [1.54, 1.807) is 6.08 Å². The number of allylic oxidation sites excluding steroid dienone is 2. The van der Waals surface area contributed by atoms with Gasteiger partial charge in [-0.15, -0.1) is 0 Å². The summed E-state index contributed by atoms with van der Waals surface area (Å²) in [4.78, 5) is 11.2. The fourth-order valence-electron chi connectivity index (χ4n) is 1.33. The fourth-order valence-corrected chi connectivity index (χ4v) is 1.33. The van der Waals surface area contributed by atoms with Crippen LogP contribution in [0.2, 0.25) is 0 Å². The topological polar surface area (TPSA) is 38.3 Å². The van der Waals surface area contributed by atoms with Crippen LogP contribution >= 0.6 is 0 Å². The molecular weight excluding hydrogens is 190 g/mol. The number of alkyl carbamates (subject to hydrolysis) is 1. The van der Waals surface area contributed by atoms with Crippen molar-refractivity contribution in [2.45, 2.75) is 19.4 Å². The predicted octanol–water partition coefficient (Wildman–Crippen LogP) is 2.42. The van der Waals surface area contributed by atoms with Gasteiger partial charge in [0, 0.05) is 0 Å². The van der Waals surface area contributed by atoms with Crippen LogP contribution in [0.5, 0.6) is 0 Å². The first-order chi connectivity index (χ1) is 7.26. The minimum Gasteiger partial charge on any atom is -0.445 e. The third kappa shape index (κ3) is 4.02. The zero-order valence-electron chi connectivity index (χ0n) is 8.98. The minimum atomic E-state index is -0.413. The summed E-state index contributed by atoms with van der Waals surface area (Å²) in [5, 5.41) is 2.72. The van der Waals surface area contributed by atoms with E-state index in [-0.39, 0.29) is 12.6 Å². The van der Waals surface area contributed by atoms with E-state index in [1.807, 2.05) is 12.2 Å². The maximum Gasteiger partial charge on any atom is 0.408 e. The lowest BCUT2D eigenvalue weighted by atomic mass is 9.99. The molecule has 1 aliphatic rings. The van der Waals surface area contributed by atoms with Gasteiger partial charge in [-0.05, 0) is 12.3 Å². The molecule has 0 fully saturated rings. The van der Waals surface area contributed by atoms with E-state index < -0.39 is 6.09 Å². The Morgan fingerprint density at radius 3 is 2.67 bits per heavy atom. The summed E-state index contributed by atoms with van der Waals surface area (Å²) in [5.41, 5.74) is 0. The van der Waals surface area contributed by atoms with E-state index >= 15 is 0 Å². The van der Waals surface area contributed by atoms with E-state index in [0.29, 0.717) is 5.92 Å². The molecule has 0 aromatic rings. The molecule has 0 atom stereocenters. The molecule has 0 heterocycles. The van der Waals surface area contributed by atoms with E-state index in [9.17, 15) is 4.79 Å². The van der Waals surface area contributed by atoms with Crippen molar-refractivity contribution in [2.75, 3.05) is 6.61 Å². The molecule has 0 radical (unpaired) electrons. The summed E-state index contributed by atoms with van der Waals surface area (Å²) in [5.74, 6) is 0.493. The molecule has 3 nitrogen and oxygen atoms in total. The van der Waals surface area contributed by atoms with E-state index in [1.165, 1.54) is 0 Å². The normalized spacial score (nSPS) is 23.5. The molecule has 0 aromatic heterocycles. The highest BCUT2D eigenvalue weighted by molar-refractivity contribution is 5.68. The standard InChI is InChI=1S/C12H17NO2/c1-3-9-15-12(14)13-11-7-5-10(4-2)6-8-11/h3,5-8,10-11H,1,4,9H2,2H3,(H,13,14). The van der Waals surface area contributed by atoms with Crippen LogP contribution < -0.4 is 5.32 Å². The second-order valence-corrected chi connectivity index (χ2v) is 3.40. The quantitative estimate of drug-likeness (QED) is 0.719. The summed E-state index contributed by atoms with van der Waals surface area (Å²) in [6.45, 7) is 5.84. The molecule has 0 aromatic carbocycles. The van der Waals surface area contributed by atoms with Crippen molar-refractivity contribution >= 4 is 6.09 Å². The molecule has 1 aliphatic carbocycles. The molecule has 1 amide bonds. The maximum absolute atomic E-state index is 11.2. The largest absolute Gasteiger partial charge is 0.445 e. The van der Waals surface area contributed by atoms with Crippen LogP contribution in [-0.2, 0) is 4.74 Å². The Kier molecular flexibility index (Phi) is 4.68. The lowest BCUT2D eigenvalue weighted by molar-refractivity contribution is 0.157. The van der Waals surface area contributed by atoms with Gasteiger partial charge in [-0.2, -0.15) is 0 Å². The third-order valence-corrected chi connectivity index (χ3v) is 2.22. The van der Waals surface area contributed by atoms with Crippen LogP contribution in [0.4, 0.5) is 4.79 Å². The average Bonchev–Trinajstić information content (AvgIpc) is 2.27. The molecule has 0 bridgehead atoms. The van der Waals surface area contributed by atoms with Gasteiger partial charge in [0.1, 0.15) is 6.61 Å².